The van der Waals surface area contributed by atoms with Crippen LogP contribution in [0.3, 0.4) is 0 Å². The summed E-state index contributed by atoms with van der Waals surface area (Å²) in [5.41, 5.74) is 0.810. The van der Waals surface area contributed by atoms with E-state index in [1.165, 1.54) is 0 Å². The van der Waals surface area contributed by atoms with E-state index in [0.717, 1.165) is 37.7 Å². The number of halogens is 1. The summed E-state index contributed by atoms with van der Waals surface area (Å²) in [5, 5.41) is 0. The molecule has 0 aliphatic heterocycles. The molecule has 0 atom stereocenters. The van der Waals surface area contributed by atoms with Crippen molar-refractivity contribution in [2.45, 2.75) is 44.9 Å². The normalized spacial score (nSPS) is 10.4. The summed E-state index contributed by atoms with van der Waals surface area (Å²) >= 11 is 0. The third-order valence-corrected chi connectivity index (χ3v) is 2.88. The Kier molecular flexibility index (Phi) is 7.28. The number of Topliss-reactive ketones (excluding diaryl/α,β-unsaturated/α-hetero) is 1. The first-order valence-corrected chi connectivity index (χ1v) is 6.49. The van der Waals surface area contributed by atoms with E-state index in [2.05, 4.69) is 0 Å². The Morgan fingerprint density at radius 3 is 2.12 bits per heavy atom. The lowest BCUT2D eigenvalue weighted by molar-refractivity contribution is 0.0979. The van der Waals surface area contributed by atoms with E-state index in [4.69, 9.17) is 0 Å². The fourth-order valence-corrected chi connectivity index (χ4v) is 1.86. The monoisotopic (exact) mass is 236 g/mol. The van der Waals surface area contributed by atoms with Crippen molar-refractivity contribution in [2.75, 3.05) is 6.67 Å². The van der Waals surface area contributed by atoms with Crippen molar-refractivity contribution in [3.05, 3.63) is 35.9 Å². The van der Waals surface area contributed by atoms with Crippen LogP contribution in [0.5, 0.6) is 0 Å². The third kappa shape index (κ3) is 6.20. The van der Waals surface area contributed by atoms with E-state index in [-0.39, 0.29) is 12.5 Å². The molecule has 94 valence electrons. The number of carbonyl (C=O) groups is 1. The maximum atomic E-state index is 11.8. The second-order valence-electron chi connectivity index (χ2n) is 4.35. The standard InChI is InChI=1S/C15H21FO/c16-13-9-4-2-1-3-8-12-15(17)14-10-6-5-7-11-14/h5-7,10-11H,1-4,8-9,12-13H2. The average Bonchev–Trinajstić information content (AvgIpc) is 2.38. The summed E-state index contributed by atoms with van der Waals surface area (Å²) in [4.78, 5) is 11.7. The van der Waals surface area contributed by atoms with E-state index < -0.39 is 0 Å². The minimum atomic E-state index is -0.202. The van der Waals surface area contributed by atoms with Crippen LogP contribution in [0.25, 0.3) is 0 Å². The number of hydrogen-bond acceptors (Lipinski definition) is 1. The van der Waals surface area contributed by atoms with E-state index in [1.54, 1.807) is 0 Å². The van der Waals surface area contributed by atoms with Gasteiger partial charge in [-0.15, -0.1) is 0 Å². The smallest absolute Gasteiger partial charge is 0.162 e. The minimum absolute atomic E-state index is 0.202. The van der Waals surface area contributed by atoms with Crippen molar-refractivity contribution >= 4 is 5.78 Å². The highest BCUT2D eigenvalue weighted by atomic mass is 19.1. The average molecular weight is 236 g/mol. The van der Waals surface area contributed by atoms with Crippen molar-refractivity contribution in [2.24, 2.45) is 0 Å². The molecule has 0 N–H and O–H groups in total. The second kappa shape index (κ2) is 8.91. The number of hydrogen-bond donors (Lipinski definition) is 0. The Morgan fingerprint density at radius 1 is 0.882 bits per heavy atom. The zero-order valence-electron chi connectivity index (χ0n) is 10.3. The van der Waals surface area contributed by atoms with Crippen LogP contribution in [0.4, 0.5) is 4.39 Å². The predicted molar refractivity (Wildman–Crippen MR) is 69.1 cm³/mol. The van der Waals surface area contributed by atoms with Gasteiger partial charge in [-0.05, 0) is 12.8 Å². The molecule has 1 nitrogen and oxygen atoms in total. The van der Waals surface area contributed by atoms with Crippen molar-refractivity contribution in [3.8, 4) is 0 Å². The minimum Gasteiger partial charge on any atom is -0.294 e. The highest BCUT2D eigenvalue weighted by Gasteiger charge is 2.03. The van der Waals surface area contributed by atoms with Crippen LogP contribution in [-0.2, 0) is 0 Å². The molecule has 0 fully saturated rings. The fourth-order valence-electron chi connectivity index (χ4n) is 1.86. The van der Waals surface area contributed by atoms with Crippen LogP contribution in [0.1, 0.15) is 55.3 Å². The Hall–Kier alpha value is -1.18. The number of unbranched alkanes of at least 4 members (excludes halogenated alkanes) is 5. The Labute approximate surface area is 103 Å². The predicted octanol–water partition coefficient (Wildman–Crippen LogP) is 4.57. The molecule has 1 rings (SSSR count). The van der Waals surface area contributed by atoms with Gasteiger partial charge in [-0.25, -0.2) is 0 Å². The van der Waals surface area contributed by atoms with Gasteiger partial charge in [0.15, 0.2) is 5.78 Å². The SMILES string of the molecule is O=C(CCCCCCCCF)c1ccccc1. The molecule has 1 aromatic carbocycles. The lowest BCUT2D eigenvalue weighted by Gasteiger charge is -2.01. The molecule has 0 aliphatic carbocycles. The Balaban J connectivity index is 2.05. The van der Waals surface area contributed by atoms with E-state index in [0.29, 0.717) is 12.8 Å². The van der Waals surface area contributed by atoms with Crippen molar-refractivity contribution in [3.63, 3.8) is 0 Å². The molecule has 0 unspecified atom stereocenters. The van der Waals surface area contributed by atoms with Gasteiger partial charge in [-0.1, -0.05) is 56.0 Å². The summed E-state index contributed by atoms with van der Waals surface area (Å²) in [6.07, 6.45) is 6.51. The van der Waals surface area contributed by atoms with E-state index >= 15 is 0 Å². The largest absolute Gasteiger partial charge is 0.294 e. The van der Waals surface area contributed by atoms with E-state index in [9.17, 15) is 9.18 Å². The third-order valence-electron chi connectivity index (χ3n) is 2.88. The molecular weight excluding hydrogens is 215 g/mol. The molecule has 1 aromatic rings. The highest BCUT2D eigenvalue weighted by molar-refractivity contribution is 5.95. The summed E-state index contributed by atoms with van der Waals surface area (Å²) in [6.45, 7) is -0.202. The molecule has 0 saturated heterocycles. The van der Waals surface area contributed by atoms with Crippen molar-refractivity contribution in [1.82, 2.24) is 0 Å². The van der Waals surface area contributed by atoms with Gasteiger partial charge in [0, 0.05) is 12.0 Å². The first kappa shape index (κ1) is 13.9. The lowest BCUT2D eigenvalue weighted by Crippen LogP contribution is -1.98. The van der Waals surface area contributed by atoms with Crippen LogP contribution < -0.4 is 0 Å². The Morgan fingerprint density at radius 2 is 1.47 bits per heavy atom. The van der Waals surface area contributed by atoms with Crippen LogP contribution in [0, 0.1) is 0 Å². The van der Waals surface area contributed by atoms with Gasteiger partial charge in [0.25, 0.3) is 0 Å². The second-order valence-corrected chi connectivity index (χ2v) is 4.35. The van der Waals surface area contributed by atoms with Crippen LogP contribution >= 0.6 is 0 Å². The fraction of sp³-hybridized carbons (Fsp3) is 0.533. The summed E-state index contributed by atoms with van der Waals surface area (Å²) in [7, 11) is 0. The van der Waals surface area contributed by atoms with Crippen molar-refractivity contribution < 1.29 is 9.18 Å². The molecule has 0 heterocycles. The molecule has 0 amide bonds. The van der Waals surface area contributed by atoms with Gasteiger partial charge in [-0.2, -0.15) is 0 Å². The molecule has 0 spiro atoms. The van der Waals surface area contributed by atoms with E-state index in [1.807, 2.05) is 30.3 Å². The maximum absolute atomic E-state index is 11.8. The molecular formula is C15H21FO. The zero-order valence-corrected chi connectivity index (χ0v) is 10.3. The number of ketones is 1. The van der Waals surface area contributed by atoms with Gasteiger partial charge in [0.2, 0.25) is 0 Å². The quantitative estimate of drug-likeness (QED) is 0.453. The van der Waals surface area contributed by atoms with Gasteiger partial charge in [0.05, 0.1) is 6.67 Å². The molecule has 2 heteroatoms. The molecule has 17 heavy (non-hydrogen) atoms. The summed E-state index contributed by atoms with van der Waals surface area (Å²) in [5.74, 6) is 0.231. The molecule has 0 bridgehead atoms. The van der Waals surface area contributed by atoms with Gasteiger partial charge in [-0.3, -0.25) is 9.18 Å². The first-order valence-electron chi connectivity index (χ1n) is 6.49. The highest BCUT2D eigenvalue weighted by Crippen LogP contribution is 2.10. The summed E-state index contributed by atoms with van der Waals surface area (Å²) in [6, 6.07) is 9.43. The maximum Gasteiger partial charge on any atom is 0.162 e. The Bertz CT molecular complexity index is 308. The lowest BCUT2D eigenvalue weighted by atomic mass is 10.0. The topological polar surface area (TPSA) is 17.1 Å². The van der Waals surface area contributed by atoms with Crippen molar-refractivity contribution in [1.29, 1.82) is 0 Å². The number of benzene rings is 1. The number of alkyl halides is 1. The molecule has 0 aliphatic rings. The summed E-state index contributed by atoms with van der Waals surface area (Å²) < 4.78 is 11.8. The van der Waals surface area contributed by atoms with Crippen LogP contribution in [-0.4, -0.2) is 12.5 Å². The zero-order chi connectivity index (χ0) is 12.3. The first-order chi connectivity index (χ1) is 8.34. The molecule has 0 radical (unpaired) electrons. The number of carbonyl (C=O) groups excluding carboxylic acids is 1. The van der Waals surface area contributed by atoms with Crippen LogP contribution in [0.2, 0.25) is 0 Å². The number of rotatable bonds is 9. The van der Waals surface area contributed by atoms with Gasteiger partial charge in [0.1, 0.15) is 0 Å². The van der Waals surface area contributed by atoms with Gasteiger partial charge >= 0.3 is 0 Å². The van der Waals surface area contributed by atoms with Crippen LogP contribution in [0.15, 0.2) is 30.3 Å². The molecule has 0 aromatic heterocycles. The molecule has 0 saturated carbocycles. The van der Waals surface area contributed by atoms with Gasteiger partial charge < -0.3 is 0 Å².